The number of ether oxygens (including phenoxy) is 1. The van der Waals surface area contributed by atoms with Crippen LogP contribution in [0, 0.1) is 5.92 Å². The molecule has 2 unspecified atom stereocenters. The van der Waals surface area contributed by atoms with E-state index in [1.165, 1.54) is 13.2 Å². The van der Waals surface area contributed by atoms with Crippen molar-refractivity contribution in [2.45, 2.75) is 37.6 Å². The highest BCUT2D eigenvalue weighted by Crippen LogP contribution is 2.32. The highest BCUT2D eigenvalue weighted by atomic mass is 32.2. The average Bonchev–Trinajstić information content (AvgIpc) is 2.41. The summed E-state index contributed by atoms with van der Waals surface area (Å²) in [6, 6.07) is 4.69. The lowest BCUT2D eigenvalue weighted by atomic mass is 9.94. The summed E-state index contributed by atoms with van der Waals surface area (Å²) in [5.74, 6) is 0.916. The second-order valence-electron chi connectivity index (χ2n) is 5.38. The van der Waals surface area contributed by atoms with Gasteiger partial charge in [0.1, 0.15) is 10.6 Å². The fourth-order valence-electron chi connectivity index (χ4n) is 2.65. The number of nitrogens with two attached hydrogens (primary N) is 1. The number of sulfonamides is 1. The standard InChI is InChI=1S/C14H22N2O3S/c1-10-5-4-8-16(11(10)2)20(17,18)14-7-6-12(19-3)9-13(14)15/h6-7,9-11H,4-5,8,15H2,1-3H3. The van der Waals surface area contributed by atoms with Gasteiger partial charge in [-0.25, -0.2) is 8.42 Å². The van der Waals surface area contributed by atoms with Gasteiger partial charge in [-0.15, -0.1) is 0 Å². The quantitative estimate of drug-likeness (QED) is 0.867. The molecule has 0 amide bonds. The van der Waals surface area contributed by atoms with Crippen molar-refractivity contribution in [2.75, 3.05) is 19.4 Å². The molecule has 1 aromatic rings. The van der Waals surface area contributed by atoms with Crippen molar-refractivity contribution >= 4 is 15.7 Å². The molecule has 2 N–H and O–H groups in total. The molecule has 2 atom stereocenters. The Balaban J connectivity index is 2.39. The van der Waals surface area contributed by atoms with Crippen molar-refractivity contribution in [1.29, 1.82) is 0 Å². The van der Waals surface area contributed by atoms with Crippen LogP contribution in [0.2, 0.25) is 0 Å². The van der Waals surface area contributed by atoms with E-state index in [-0.39, 0.29) is 16.6 Å². The van der Waals surface area contributed by atoms with Gasteiger partial charge >= 0.3 is 0 Å². The second-order valence-corrected chi connectivity index (χ2v) is 7.24. The zero-order valence-electron chi connectivity index (χ0n) is 12.2. The fourth-order valence-corrected chi connectivity index (χ4v) is 4.52. The third kappa shape index (κ3) is 2.62. The maximum atomic E-state index is 12.8. The molecule has 1 fully saturated rings. The van der Waals surface area contributed by atoms with Gasteiger partial charge in [-0.3, -0.25) is 0 Å². The van der Waals surface area contributed by atoms with Crippen LogP contribution in [0.3, 0.4) is 0 Å². The summed E-state index contributed by atoms with van der Waals surface area (Å²) in [5.41, 5.74) is 6.12. The molecule has 0 aromatic heterocycles. The molecule has 1 aliphatic rings. The van der Waals surface area contributed by atoms with Gasteiger partial charge in [-0.05, 0) is 37.8 Å². The number of piperidine rings is 1. The van der Waals surface area contributed by atoms with Crippen LogP contribution in [-0.2, 0) is 10.0 Å². The van der Waals surface area contributed by atoms with Gasteiger partial charge in [0.15, 0.2) is 0 Å². The summed E-state index contributed by atoms with van der Waals surface area (Å²) in [6.45, 7) is 4.60. The Morgan fingerprint density at radius 2 is 2.05 bits per heavy atom. The maximum Gasteiger partial charge on any atom is 0.245 e. The SMILES string of the molecule is COc1ccc(S(=O)(=O)N2CCCC(C)C2C)c(N)c1. The lowest BCUT2D eigenvalue weighted by Crippen LogP contribution is -2.46. The predicted molar refractivity (Wildman–Crippen MR) is 79.2 cm³/mol. The van der Waals surface area contributed by atoms with Gasteiger partial charge < -0.3 is 10.5 Å². The minimum Gasteiger partial charge on any atom is -0.497 e. The molecule has 5 nitrogen and oxygen atoms in total. The number of rotatable bonds is 3. The zero-order chi connectivity index (χ0) is 14.9. The van der Waals surface area contributed by atoms with Crippen LogP contribution in [-0.4, -0.2) is 32.4 Å². The van der Waals surface area contributed by atoms with Crippen LogP contribution >= 0.6 is 0 Å². The molecule has 1 aliphatic heterocycles. The maximum absolute atomic E-state index is 12.8. The van der Waals surface area contributed by atoms with Crippen LogP contribution in [0.15, 0.2) is 23.1 Å². The van der Waals surface area contributed by atoms with Gasteiger partial charge in [0.25, 0.3) is 0 Å². The molecule has 0 saturated carbocycles. The molecule has 0 bridgehead atoms. The summed E-state index contributed by atoms with van der Waals surface area (Å²) in [4.78, 5) is 0.166. The van der Waals surface area contributed by atoms with E-state index in [0.29, 0.717) is 18.2 Å². The summed E-state index contributed by atoms with van der Waals surface area (Å²) in [7, 11) is -2.02. The van der Waals surface area contributed by atoms with Crippen LogP contribution < -0.4 is 10.5 Å². The Morgan fingerprint density at radius 3 is 2.65 bits per heavy atom. The Kier molecular flexibility index (Phi) is 4.25. The van der Waals surface area contributed by atoms with Crippen LogP contribution in [0.1, 0.15) is 26.7 Å². The third-order valence-corrected chi connectivity index (χ3v) is 6.18. The van der Waals surface area contributed by atoms with Crippen molar-refractivity contribution in [3.63, 3.8) is 0 Å². The molecule has 112 valence electrons. The molecule has 0 aliphatic carbocycles. The minimum atomic E-state index is -3.55. The Morgan fingerprint density at radius 1 is 1.35 bits per heavy atom. The zero-order valence-corrected chi connectivity index (χ0v) is 13.0. The van der Waals surface area contributed by atoms with Gasteiger partial charge in [0, 0.05) is 18.7 Å². The second kappa shape index (κ2) is 5.61. The van der Waals surface area contributed by atoms with Crippen LogP contribution in [0.25, 0.3) is 0 Å². The van der Waals surface area contributed by atoms with E-state index in [2.05, 4.69) is 6.92 Å². The monoisotopic (exact) mass is 298 g/mol. The molecule has 0 radical (unpaired) electrons. The first kappa shape index (κ1) is 15.1. The number of nitrogen functional groups attached to an aromatic ring is 1. The van der Waals surface area contributed by atoms with Gasteiger partial charge in [0.05, 0.1) is 12.8 Å². The largest absolute Gasteiger partial charge is 0.497 e. The van der Waals surface area contributed by atoms with Crippen molar-refractivity contribution in [1.82, 2.24) is 4.31 Å². The number of benzene rings is 1. The third-order valence-electron chi connectivity index (χ3n) is 4.12. The minimum absolute atomic E-state index is 0.00440. The average molecular weight is 298 g/mol. The number of anilines is 1. The van der Waals surface area contributed by atoms with Crippen molar-refractivity contribution in [3.8, 4) is 5.75 Å². The van der Waals surface area contributed by atoms with E-state index in [9.17, 15) is 8.42 Å². The molecule has 6 heteroatoms. The fraction of sp³-hybridized carbons (Fsp3) is 0.571. The van der Waals surface area contributed by atoms with Crippen molar-refractivity contribution in [2.24, 2.45) is 5.92 Å². The molecule has 1 saturated heterocycles. The van der Waals surface area contributed by atoms with E-state index in [0.717, 1.165) is 12.8 Å². The van der Waals surface area contributed by atoms with E-state index in [1.54, 1.807) is 16.4 Å². The summed E-state index contributed by atoms with van der Waals surface area (Å²) in [5, 5.41) is 0. The van der Waals surface area contributed by atoms with Gasteiger partial charge in [-0.1, -0.05) is 6.92 Å². The van der Waals surface area contributed by atoms with E-state index >= 15 is 0 Å². The first-order valence-corrected chi connectivity index (χ1v) is 8.27. The normalized spacial score (nSPS) is 24.6. The summed E-state index contributed by atoms with van der Waals surface area (Å²) >= 11 is 0. The number of hydrogen-bond acceptors (Lipinski definition) is 4. The van der Waals surface area contributed by atoms with Gasteiger partial charge in [-0.2, -0.15) is 4.31 Å². The van der Waals surface area contributed by atoms with Crippen LogP contribution in [0.4, 0.5) is 5.69 Å². The molecule has 2 rings (SSSR count). The Labute approximate surface area is 120 Å². The first-order chi connectivity index (χ1) is 9.37. The molecule has 1 aromatic carbocycles. The molecular weight excluding hydrogens is 276 g/mol. The highest BCUT2D eigenvalue weighted by Gasteiger charge is 2.35. The molecule has 20 heavy (non-hydrogen) atoms. The molecular formula is C14H22N2O3S. The van der Waals surface area contributed by atoms with Crippen LogP contribution in [0.5, 0.6) is 5.75 Å². The lowest BCUT2D eigenvalue weighted by molar-refractivity contribution is 0.202. The number of nitrogens with zero attached hydrogens (tertiary/aromatic N) is 1. The molecule has 1 heterocycles. The van der Waals surface area contributed by atoms with E-state index in [4.69, 9.17) is 10.5 Å². The predicted octanol–water partition coefficient (Wildman–Crippen LogP) is 2.09. The smallest absolute Gasteiger partial charge is 0.245 e. The van der Waals surface area contributed by atoms with Crippen molar-refractivity contribution in [3.05, 3.63) is 18.2 Å². The van der Waals surface area contributed by atoms with Crippen molar-refractivity contribution < 1.29 is 13.2 Å². The lowest BCUT2D eigenvalue weighted by Gasteiger charge is -2.37. The van der Waals surface area contributed by atoms with E-state index in [1.807, 2.05) is 6.92 Å². The number of methoxy groups -OCH3 is 1. The summed E-state index contributed by atoms with van der Waals surface area (Å²) in [6.07, 6.45) is 1.95. The van der Waals surface area contributed by atoms with Gasteiger partial charge in [0.2, 0.25) is 10.0 Å². The Bertz CT molecular complexity index is 586. The molecule has 0 spiro atoms. The highest BCUT2D eigenvalue weighted by molar-refractivity contribution is 7.89. The first-order valence-electron chi connectivity index (χ1n) is 6.83. The Hall–Kier alpha value is -1.27. The van der Waals surface area contributed by atoms with E-state index < -0.39 is 10.0 Å². The summed E-state index contributed by atoms with van der Waals surface area (Å²) < 4.78 is 32.2. The topological polar surface area (TPSA) is 72.6 Å². The number of hydrogen-bond donors (Lipinski definition) is 1.